The fourth-order valence-corrected chi connectivity index (χ4v) is 2.48. The van der Waals surface area contributed by atoms with E-state index in [1.54, 1.807) is 13.0 Å². The largest absolute Gasteiger partial charge is 0.466 e. The van der Waals surface area contributed by atoms with Gasteiger partial charge in [0.1, 0.15) is 0 Å². The smallest absolute Gasteiger partial charge is 0.308 e. The first-order valence-corrected chi connectivity index (χ1v) is 7.16. The number of carbonyl (C=O) groups is 1. The highest BCUT2D eigenvalue weighted by Crippen LogP contribution is 2.29. The Hall–Kier alpha value is -0.870. The molecule has 1 aliphatic rings. The molecule has 1 rings (SSSR count). The lowest BCUT2D eigenvalue weighted by atomic mass is 9.89. The summed E-state index contributed by atoms with van der Waals surface area (Å²) in [6.07, 6.45) is 4.72. The summed E-state index contributed by atoms with van der Waals surface area (Å²) in [5.41, 5.74) is 0. The Morgan fingerprint density at radius 1 is 1.58 bits per heavy atom. The van der Waals surface area contributed by atoms with Crippen LogP contribution >= 0.6 is 0 Å². The standard InChI is InChI=1S/C15H26O4/c1-4-6-12(16)9-13-8-7-11(3)14(19-13)10-15(17)18-5-2/h4,11-14,16H,1,5-10H2,2-3H3/t11-,12?,13+,14-/m0/s1. The molecule has 0 aromatic heterocycles. The molecule has 0 amide bonds. The Bertz CT molecular complexity index is 290. The van der Waals surface area contributed by atoms with Crippen molar-refractivity contribution in [3.05, 3.63) is 12.7 Å². The van der Waals surface area contributed by atoms with E-state index in [1.807, 2.05) is 0 Å². The molecule has 0 saturated carbocycles. The molecular formula is C15H26O4. The lowest BCUT2D eigenvalue weighted by Gasteiger charge is -2.35. The van der Waals surface area contributed by atoms with Gasteiger partial charge in [-0.15, -0.1) is 6.58 Å². The van der Waals surface area contributed by atoms with Gasteiger partial charge in [0, 0.05) is 0 Å². The molecule has 1 saturated heterocycles. The normalized spacial score (nSPS) is 28.7. The SMILES string of the molecule is C=CCC(O)C[C@H]1CC[C@H](C)[C@H](CC(=O)OCC)O1. The molecule has 0 aliphatic carbocycles. The molecule has 4 heteroatoms. The second-order valence-corrected chi connectivity index (χ2v) is 5.27. The number of esters is 1. The maximum absolute atomic E-state index is 11.5. The minimum absolute atomic E-state index is 0.0329. The van der Waals surface area contributed by atoms with Gasteiger partial charge in [-0.2, -0.15) is 0 Å². The number of aliphatic hydroxyl groups excluding tert-OH is 1. The summed E-state index contributed by atoms with van der Waals surface area (Å²) in [6.45, 7) is 7.92. The van der Waals surface area contributed by atoms with E-state index in [2.05, 4.69) is 13.5 Å². The third kappa shape index (κ3) is 5.74. The third-order valence-corrected chi connectivity index (χ3v) is 3.59. The van der Waals surface area contributed by atoms with Gasteiger partial charge < -0.3 is 14.6 Å². The van der Waals surface area contributed by atoms with Gasteiger partial charge in [-0.05, 0) is 38.5 Å². The zero-order valence-electron chi connectivity index (χ0n) is 12.0. The van der Waals surface area contributed by atoms with Crippen LogP contribution in [0.1, 0.15) is 46.0 Å². The van der Waals surface area contributed by atoms with Crippen LogP contribution in [0, 0.1) is 5.92 Å². The number of rotatable bonds is 7. The first kappa shape index (κ1) is 16.2. The summed E-state index contributed by atoms with van der Waals surface area (Å²) in [5, 5.41) is 9.78. The van der Waals surface area contributed by atoms with Gasteiger partial charge in [0.05, 0.1) is 31.3 Å². The van der Waals surface area contributed by atoms with E-state index in [-0.39, 0.29) is 18.2 Å². The Morgan fingerprint density at radius 3 is 2.95 bits per heavy atom. The van der Waals surface area contributed by atoms with Crippen molar-refractivity contribution in [2.45, 2.75) is 64.3 Å². The average Bonchev–Trinajstić information content (AvgIpc) is 2.34. The van der Waals surface area contributed by atoms with Crippen LogP contribution in [-0.4, -0.2) is 36.0 Å². The van der Waals surface area contributed by atoms with Gasteiger partial charge in [0.25, 0.3) is 0 Å². The predicted molar refractivity (Wildman–Crippen MR) is 73.7 cm³/mol. The van der Waals surface area contributed by atoms with Crippen molar-refractivity contribution in [1.82, 2.24) is 0 Å². The second-order valence-electron chi connectivity index (χ2n) is 5.27. The van der Waals surface area contributed by atoms with Crippen molar-refractivity contribution in [3.8, 4) is 0 Å². The quantitative estimate of drug-likeness (QED) is 0.570. The van der Waals surface area contributed by atoms with Crippen molar-refractivity contribution < 1.29 is 19.4 Å². The lowest BCUT2D eigenvalue weighted by Crippen LogP contribution is -2.37. The minimum atomic E-state index is -0.404. The molecule has 0 radical (unpaired) electrons. The maximum atomic E-state index is 11.5. The molecule has 1 heterocycles. The number of hydrogen-bond acceptors (Lipinski definition) is 4. The lowest BCUT2D eigenvalue weighted by molar-refractivity contribution is -0.153. The van der Waals surface area contributed by atoms with E-state index in [0.717, 1.165) is 12.8 Å². The molecule has 0 bridgehead atoms. The van der Waals surface area contributed by atoms with Crippen molar-refractivity contribution in [2.75, 3.05) is 6.61 Å². The molecule has 1 N–H and O–H groups in total. The van der Waals surface area contributed by atoms with Gasteiger partial charge in [-0.25, -0.2) is 0 Å². The Balaban J connectivity index is 2.43. The highest BCUT2D eigenvalue weighted by molar-refractivity contribution is 5.70. The van der Waals surface area contributed by atoms with Crippen LogP contribution in [-0.2, 0) is 14.3 Å². The molecule has 0 aromatic carbocycles. The molecule has 4 nitrogen and oxygen atoms in total. The minimum Gasteiger partial charge on any atom is -0.466 e. The molecule has 0 aromatic rings. The fraction of sp³-hybridized carbons (Fsp3) is 0.800. The average molecular weight is 270 g/mol. The van der Waals surface area contributed by atoms with Crippen LogP contribution in [0.5, 0.6) is 0 Å². The molecular weight excluding hydrogens is 244 g/mol. The van der Waals surface area contributed by atoms with Crippen molar-refractivity contribution in [1.29, 1.82) is 0 Å². The first-order chi connectivity index (χ1) is 9.06. The topological polar surface area (TPSA) is 55.8 Å². The van der Waals surface area contributed by atoms with Crippen LogP contribution in [0.3, 0.4) is 0 Å². The molecule has 1 unspecified atom stereocenters. The van der Waals surface area contributed by atoms with E-state index in [1.165, 1.54) is 0 Å². The molecule has 110 valence electrons. The number of hydrogen-bond donors (Lipinski definition) is 1. The van der Waals surface area contributed by atoms with Crippen LogP contribution in [0.15, 0.2) is 12.7 Å². The summed E-state index contributed by atoms with van der Waals surface area (Å²) >= 11 is 0. The van der Waals surface area contributed by atoms with Gasteiger partial charge in [-0.1, -0.05) is 13.0 Å². The Kier molecular flexibility index (Phi) is 7.10. The monoisotopic (exact) mass is 270 g/mol. The molecule has 1 aliphatic heterocycles. The summed E-state index contributed by atoms with van der Waals surface area (Å²) in [5.74, 6) is 0.156. The van der Waals surface area contributed by atoms with Crippen molar-refractivity contribution in [3.63, 3.8) is 0 Å². The van der Waals surface area contributed by atoms with E-state index in [4.69, 9.17) is 9.47 Å². The number of aliphatic hydroxyl groups is 1. The van der Waals surface area contributed by atoms with E-state index in [0.29, 0.717) is 31.8 Å². The first-order valence-electron chi connectivity index (χ1n) is 7.16. The summed E-state index contributed by atoms with van der Waals surface area (Å²) in [6, 6.07) is 0. The Labute approximate surface area is 115 Å². The second kappa shape index (κ2) is 8.33. The van der Waals surface area contributed by atoms with Crippen LogP contribution < -0.4 is 0 Å². The maximum Gasteiger partial charge on any atom is 0.308 e. The van der Waals surface area contributed by atoms with Crippen molar-refractivity contribution in [2.24, 2.45) is 5.92 Å². The highest BCUT2D eigenvalue weighted by atomic mass is 16.5. The van der Waals surface area contributed by atoms with Crippen LogP contribution in [0.25, 0.3) is 0 Å². The summed E-state index contributed by atoms with van der Waals surface area (Å²) < 4.78 is 10.9. The molecule has 1 fully saturated rings. The van der Waals surface area contributed by atoms with Gasteiger partial charge >= 0.3 is 5.97 Å². The zero-order chi connectivity index (χ0) is 14.3. The highest BCUT2D eigenvalue weighted by Gasteiger charge is 2.31. The molecule has 0 spiro atoms. The Morgan fingerprint density at radius 2 is 2.32 bits per heavy atom. The third-order valence-electron chi connectivity index (χ3n) is 3.59. The number of carbonyl (C=O) groups excluding carboxylic acids is 1. The van der Waals surface area contributed by atoms with Crippen LogP contribution in [0.2, 0.25) is 0 Å². The van der Waals surface area contributed by atoms with Crippen molar-refractivity contribution >= 4 is 5.97 Å². The van der Waals surface area contributed by atoms with Gasteiger partial charge in [-0.3, -0.25) is 4.79 Å². The summed E-state index contributed by atoms with van der Waals surface area (Å²) in [7, 11) is 0. The predicted octanol–water partition coefficient (Wildman–Crippen LogP) is 2.45. The van der Waals surface area contributed by atoms with E-state index >= 15 is 0 Å². The summed E-state index contributed by atoms with van der Waals surface area (Å²) in [4.78, 5) is 11.5. The number of ether oxygens (including phenoxy) is 2. The van der Waals surface area contributed by atoms with Gasteiger partial charge in [0.2, 0.25) is 0 Å². The molecule has 4 atom stereocenters. The molecule has 19 heavy (non-hydrogen) atoms. The zero-order valence-corrected chi connectivity index (χ0v) is 12.0. The van der Waals surface area contributed by atoms with E-state index < -0.39 is 6.10 Å². The van der Waals surface area contributed by atoms with Gasteiger partial charge in [0.15, 0.2) is 0 Å². The fourth-order valence-electron chi connectivity index (χ4n) is 2.48. The van der Waals surface area contributed by atoms with E-state index in [9.17, 15) is 9.90 Å². The van der Waals surface area contributed by atoms with Crippen LogP contribution in [0.4, 0.5) is 0 Å².